The van der Waals surface area contributed by atoms with E-state index in [-0.39, 0.29) is 7.43 Å². The minimum absolute atomic E-state index is 0. The van der Waals surface area contributed by atoms with Crippen LogP contribution in [0, 0.1) is 10.1 Å². The van der Waals surface area contributed by atoms with Crippen LogP contribution >= 0.6 is 34.8 Å². The lowest BCUT2D eigenvalue weighted by atomic mass is 10.1. The van der Waals surface area contributed by atoms with Crippen LogP contribution in [-0.2, 0) is 11.2 Å². The topological polar surface area (TPSA) is 193 Å². The van der Waals surface area contributed by atoms with Crippen LogP contribution in [-0.4, -0.2) is 103 Å². The number of aldehydes is 2. The molecule has 0 saturated carbocycles. The molecule has 0 fully saturated rings. The third-order valence-electron chi connectivity index (χ3n) is 6.64. The second-order valence-corrected chi connectivity index (χ2v) is 12.4. The van der Waals surface area contributed by atoms with Crippen LogP contribution < -0.4 is 30.0 Å². The third kappa shape index (κ3) is 27.2. The number of carboxylic acids is 1. The number of carbonyl (C=O) groups excluding carboxylic acids is 2. The van der Waals surface area contributed by atoms with Crippen molar-refractivity contribution in [2.24, 2.45) is 5.73 Å². The summed E-state index contributed by atoms with van der Waals surface area (Å²) in [5.74, 6) is 1.61. The Bertz CT molecular complexity index is 1830. The van der Waals surface area contributed by atoms with Crippen LogP contribution in [0.4, 0.5) is 0 Å². The Kier molecular flexibility index (Phi) is 35.4. The van der Waals surface area contributed by atoms with Crippen molar-refractivity contribution in [3.05, 3.63) is 132 Å². The summed E-state index contributed by atoms with van der Waals surface area (Å²) in [7, 11) is 12.3. The number of carboxylic acid groups (broad SMARTS) is 1. The van der Waals surface area contributed by atoms with Crippen molar-refractivity contribution in [2.45, 2.75) is 20.8 Å². The molecule has 17 heteroatoms. The molecule has 4 aromatic carbocycles. The number of hydrogen-bond donors (Lipinski definition) is 3. The number of likely N-dealkylation sites (N-methyl/N-ethyl adjacent to an activating group) is 2. The summed E-state index contributed by atoms with van der Waals surface area (Å²) in [5.41, 5.74) is 8.11. The second-order valence-electron chi connectivity index (χ2n) is 11.2. The number of aliphatic carboxylic acids is 1. The van der Waals surface area contributed by atoms with Crippen LogP contribution in [0.5, 0.6) is 23.0 Å². The number of nitrogens with two attached hydrogens (primary N) is 1. The lowest BCUT2D eigenvalue weighted by Gasteiger charge is -2.06. The van der Waals surface area contributed by atoms with E-state index >= 15 is 0 Å². The Balaban J connectivity index is -0.000000655. The minimum atomic E-state index is -0.833. The van der Waals surface area contributed by atoms with Gasteiger partial charge in [-0.2, -0.15) is 0 Å². The molecule has 0 spiro atoms. The Morgan fingerprint density at radius 3 is 1.69 bits per heavy atom. The monoisotopic (exact) mass is 882 g/mol. The Morgan fingerprint density at radius 1 is 0.814 bits per heavy atom. The van der Waals surface area contributed by atoms with Crippen molar-refractivity contribution in [2.75, 3.05) is 69.2 Å². The molecular formula is C42H57Cl3N4O10. The Morgan fingerprint density at radius 2 is 1.29 bits per heavy atom. The molecule has 0 unspecified atom stereocenters. The highest BCUT2D eigenvalue weighted by Gasteiger charge is 2.06. The molecule has 0 aliphatic heterocycles. The van der Waals surface area contributed by atoms with Gasteiger partial charge in [0.15, 0.2) is 6.29 Å². The Hall–Kier alpha value is -5.22. The lowest BCUT2D eigenvalue weighted by Crippen LogP contribution is -2.23. The molecule has 14 nitrogen and oxygen atoms in total. The number of rotatable bonds is 13. The lowest BCUT2D eigenvalue weighted by molar-refractivity contribution is -0.400. The van der Waals surface area contributed by atoms with Gasteiger partial charge in [0.1, 0.15) is 29.3 Å². The zero-order valence-electron chi connectivity index (χ0n) is 33.9. The summed E-state index contributed by atoms with van der Waals surface area (Å²) in [6, 6.07) is 22.8. The summed E-state index contributed by atoms with van der Waals surface area (Å²) in [5, 5.41) is 22.0. The average Bonchev–Trinajstić information content (AvgIpc) is 3.21. The minimum Gasteiger partial charge on any atom is -0.497 e. The van der Waals surface area contributed by atoms with Gasteiger partial charge in [0, 0.05) is 42.8 Å². The molecule has 4 rings (SSSR count). The van der Waals surface area contributed by atoms with Crippen LogP contribution in [0.15, 0.2) is 85.1 Å². The number of nitro groups is 1. The largest absolute Gasteiger partial charge is 0.497 e. The quantitative estimate of drug-likeness (QED) is 0.0657. The maximum absolute atomic E-state index is 10.4. The van der Waals surface area contributed by atoms with Crippen molar-refractivity contribution < 1.29 is 43.4 Å². The molecule has 0 amide bonds. The first kappa shape index (κ1) is 58.1. The molecule has 326 valence electrons. The number of halogens is 3. The fourth-order valence-electron chi connectivity index (χ4n) is 3.84. The second kappa shape index (κ2) is 35.9. The van der Waals surface area contributed by atoms with E-state index in [9.17, 15) is 19.7 Å². The molecule has 59 heavy (non-hydrogen) atoms. The molecule has 0 radical (unpaired) electrons. The predicted molar refractivity (Wildman–Crippen MR) is 239 cm³/mol. The fourth-order valence-corrected chi connectivity index (χ4v) is 4.66. The molecule has 4 aromatic rings. The van der Waals surface area contributed by atoms with E-state index in [1.54, 1.807) is 74.9 Å². The standard InChI is InChI=1S/C9H8ClNO3.C9H12ClNO.C8H7ClO2.C8H8O2.C5H14N2.C2H4O2.CH4/c1-14-8-4-2-3-7(9(8)10)5-6-11(12)13;1-12-8-4-2-3-7(5-6-11)9(8)10;1-11-7-4-2-3-6(5-10)8(7)9;1-10-8-4-2-3-7(5-8)6-9;1-6-4-5-7(2)3;1-2(3)4;/h2-6H,1H3;2-4H,5-6,11H2,1H3;2-5H,1H3;2-6H,1H3;6H,4-5H2,1-3H3;1H3,(H,3,4);1H4/b6-5+;;;;;;. The first-order chi connectivity index (χ1) is 27.6. The molecular weight excluding hydrogens is 827 g/mol. The van der Waals surface area contributed by atoms with Gasteiger partial charge in [-0.25, -0.2) is 0 Å². The summed E-state index contributed by atoms with van der Waals surface area (Å²) >= 11 is 17.7. The number of carbonyl (C=O) groups is 3. The van der Waals surface area contributed by atoms with E-state index in [2.05, 4.69) is 24.3 Å². The van der Waals surface area contributed by atoms with E-state index < -0.39 is 10.9 Å². The van der Waals surface area contributed by atoms with Gasteiger partial charge in [-0.05, 0) is 76.1 Å². The summed E-state index contributed by atoms with van der Waals surface area (Å²) < 4.78 is 19.8. The number of methoxy groups -OCH3 is 4. The number of ether oxygens (including phenoxy) is 4. The van der Waals surface area contributed by atoms with Gasteiger partial charge in [0.25, 0.3) is 5.97 Å². The summed E-state index contributed by atoms with van der Waals surface area (Å²) in [6.45, 7) is 3.89. The van der Waals surface area contributed by atoms with Gasteiger partial charge in [-0.1, -0.05) is 84.7 Å². The number of nitrogens with one attached hydrogen (secondary N) is 1. The van der Waals surface area contributed by atoms with Gasteiger partial charge in [-0.15, -0.1) is 0 Å². The molecule has 0 aromatic heterocycles. The maximum atomic E-state index is 10.4. The van der Waals surface area contributed by atoms with E-state index in [1.807, 2.05) is 25.2 Å². The van der Waals surface area contributed by atoms with Gasteiger partial charge in [0.2, 0.25) is 6.20 Å². The zero-order valence-corrected chi connectivity index (χ0v) is 36.1. The first-order valence-corrected chi connectivity index (χ1v) is 18.3. The SMILES string of the molecule is C.CC(=O)O.CNCCN(C)C.COc1cccc(/C=C/[N+](=O)[O-])c1Cl.COc1cccc(C=O)c1.COc1cccc(C=O)c1Cl.COc1cccc(CCN)c1Cl. The van der Waals surface area contributed by atoms with Crippen molar-refractivity contribution in [3.8, 4) is 23.0 Å². The van der Waals surface area contributed by atoms with Gasteiger partial charge in [0.05, 0.1) is 48.4 Å². The molecule has 4 N–H and O–H groups in total. The molecule has 0 aliphatic carbocycles. The van der Waals surface area contributed by atoms with E-state index in [4.69, 9.17) is 69.4 Å². The number of nitrogens with zero attached hydrogens (tertiary/aromatic N) is 2. The van der Waals surface area contributed by atoms with Crippen molar-refractivity contribution in [3.63, 3.8) is 0 Å². The van der Waals surface area contributed by atoms with Gasteiger partial charge < -0.3 is 40.0 Å². The Labute approximate surface area is 362 Å². The summed E-state index contributed by atoms with van der Waals surface area (Å²) in [4.78, 5) is 41.3. The third-order valence-corrected chi connectivity index (χ3v) is 7.88. The fraction of sp³-hybridized carbons (Fsp3) is 0.310. The van der Waals surface area contributed by atoms with E-state index in [1.165, 1.54) is 20.3 Å². The summed E-state index contributed by atoms with van der Waals surface area (Å²) in [6.07, 6.45) is 4.44. The predicted octanol–water partition coefficient (Wildman–Crippen LogP) is 8.61. The van der Waals surface area contributed by atoms with Gasteiger partial charge in [-0.3, -0.25) is 24.5 Å². The number of hydrogen-bond acceptors (Lipinski definition) is 12. The normalized spacial score (nSPS) is 9.37. The van der Waals surface area contributed by atoms with Crippen molar-refractivity contribution >= 4 is 59.4 Å². The van der Waals surface area contributed by atoms with Crippen molar-refractivity contribution in [1.82, 2.24) is 10.2 Å². The zero-order chi connectivity index (χ0) is 44.5. The van der Waals surface area contributed by atoms with Crippen molar-refractivity contribution in [1.29, 1.82) is 0 Å². The van der Waals surface area contributed by atoms with Crippen LogP contribution in [0.2, 0.25) is 15.1 Å². The molecule has 0 saturated heterocycles. The van der Waals surface area contributed by atoms with Gasteiger partial charge >= 0.3 is 0 Å². The molecule has 0 heterocycles. The van der Waals surface area contributed by atoms with E-state index in [0.29, 0.717) is 67.6 Å². The van der Waals surface area contributed by atoms with E-state index in [0.717, 1.165) is 44.5 Å². The molecule has 0 bridgehead atoms. The number of benzene rings is 4. The van der Waals surface area contributed by atoms with Crippen LogP contribution in [0.1, 0.15) is 46.2 Å². The maximum Gasteiger partial charge on any atom is 0.300 e. The molecule has 0 atom stereocenters. The highest BCUT2D eigenvalue weighted by atomic mass is 35.5. The van der Waals surface area contributed by atoms with Crippen LogP contribution in [0.3, 0.4) is 0 Å². The molecule has 0 aliphatic rings. The highest BCUT2D eigenvalue weighted by Crippen LogP contribution is 2.29. The first-order valence-electron chi connectivity index (χ1n) is 17.1. The smallest absolute Gasteiger partial charge is 0.300 e. The van der Waals surface area contributed by atoms with Crippen LogP contribution in [0.25, 0.3) is 6.08 Å². The highest BCUT2D eigenvalue weighted by molar-refractivity contribution is 6.34. The average molecular weight is 884 g/mol.